The van der Waals surface area contributed by atoms with Gasteiger partial charge in [-0.05, 0) is 33.5 Å². The highest BCUT2D eigenvalue weighted by Crippen LogP contribution is 2.40. The predicted molar refractivity (Wildman–Crippen MR) is 56.1 cm³/mol. The average Bonchev–Trinajstić information content (AvgIpc) is 2.20. The standard InChI is InChI=1S/C10H19BF2O2/c1-7(6-8(12)13)11-14-9(2,3)10(4,5)15-11/h7-8H,6H2,1-5H3. The van der Waals surface area contributed by atoms with Gasteiger partial charge >= 0.3 is 7.12 Å². The molecule has 1 unspecified atom stereocenters. The highest BCUT2D eigenvalue weighted by Gasteiger charge is 2.52. The van der Waals surface area contributed by atoms with E-state index in [9.17, 15) is 8.78 Å². The van der Waals surface area contributed by atoms with E-state index in [4.69, 9.17) is 9.31 Å². The van der Waals surface area contributed by atoms with Crippen LogP contribution in [0.4, 0.5) is 8.78 Å². The molecule has 1 rings (SSSR count). The molecule has 88 valence electrons. The van der Waals surface area contributed by atoms with Crippen molar-refractivity contribution in [3.63, 3.8) is 0 Å². The van der Waals surface area contributed by atoms with Crippen molar-refractivity contribution in [1.29, 1.82) is 0 Å². The highest BCUT2D eigenvalue weighted by atomic mass is 19.3. The van der Waals surface area contributed by atoms with Crippen LogP contribution in [-0.2, 0) is 9.31 Å². The van der Waals surface area contributed by atoms with E-state index in [2.05, 4.69) is 0 Å². The molecule has 1 aliphatic heterocycles. The van der Waals surface area contributed by atoms with Gasteiger partial charge in [0.2, 0.25) is 6.43 Å². The molecule has 15 heavy (non-hydrogen) atoms. The zero-order valence-electron chi connectivity index (χ0n) is 10.0. The van der Waals surface area contributed by atoms with E-state index >= 15 is 0 Å². The van der Waals surface area contributed by atoms with E-state index in [-0.39, 0.29) is 12.2 Å². The summed E-state index contributed by atoms with van der Waals surface area (Å²) >= 11 is 0. The lowest BCUT2D eigenvalue weighted by atomic mass is 9.71. The Bertz CT molecular complexity index is 215. The first kappa shape index (κ1) is 12.9. The Labute approximate surface area is 90.5 Å². The lowest BCUT2D eigenvalue weighted by Crippen LogP contribution is -2.41. The smallest absolute Gasteiger partial charge is 0.403 e. The Morgan fingerprint density at radius 2 is 1.47 bits per heavy atom. The zero-order valence-corrected chi connectivity index (χ0v) is 10.0. The first-order chi connectivity index (χ1) is 6.66. The summed E-state index contributed by atoms with van der Waals surface area (Å²) in [5.41, 5.74) is -0.873. The molecule has 5 heteroatoms. The summed E-state index contributed by atoms with van der Waals surface area (Å²) in [5.74, 6) is -0.286. The fourth-order valence-electron chi connectivity index (χ4n) is 1.51. The summed E-state index contributed by atoms with van der Waals surface area (Å²) in [5, 5.41) is 0. The third-order valence-corrected chi connectivity index (χ3v) is 3.29. The monoisotopic (exact) mass is 220 g/mol. The molecule has 1 atom stereocenters. The quantitative estimate of drug-likeness (QED) is 0.680. The molecule has 0 bridgehead atoms. The van der Waals surface area contributed by atoms with Crippen molar-refractivity contribution >= 4 is 7.12 Å². The van der Waals surface area contributed by atoms with Crippen molar-refractivity contribution in [1.82, 2.24) is 0 Å². The molecule has 0 spiro atoms. The van der Waals surface area contributed by atoms with Gasteiger partial charge in [0.15, 0.2) is 0 Å². The van der Waals surface area contributed by atoms with E-state index in [1.165, 1.54) is 0 Å². The second kappa shape index (κ2) is 4.02. The van der Waals surface area contributed by atoms with Crippen LogP contribution >= 0.6 is 0 Å². The third kappa shape index (κ3) is 2.70. The van der Waals surface area contributed by atoms with Gasteiger partial charge in [0, 0.05) is 6.42 Å². The van der Waals surface area contributed by atoms with Crippen LogP contribution in [0.2, 0.25) is 5.82 Å². The molecular formula is C10H19BF2O2. The van der Waals surface area contributed by atoms with E-state index in [1.54, 1.807) is 6.92 Å². The third-order valence-electron chi connectivity index (χ3n) is 3.29. The van der Waals surface area contributed by atoms with Gasteiger partial charge in [-0.25, -0.2) is 8.78 Å². The molecule has 1 fully saturated rings. The molecule has 0 aromatic heterocycles. The Morgan fingerprint density at radius 3 is 1.80 bits per heavy atom. The zero-order chi connectivity index (χ0) is 11.9. The molecule has 0 radical (unpaired) electrons. The van der Waals surface area contributed by atoms with Crippen molar-refractivity contribution in [3.8, 4) is 0 Å². The first-order valence-electron chi connectivity index (χ1n) is 5.29. The summed E-state index contributed by atoms with van der Waals surface area (Å²) in [6, 6.07) is 0. The van der Waals surface area contributed by atoms with Crippen molar-refractivity contribution in [3.05, 3.63) is 0 Å². The molecule has 1 saturated heterocycles. The molecular weight excluding hydrogens is 201 g/mol. The Kier molecular flexibility index (Phi) is 3.46. The number of rotatable bonds is 3. The molecule has 0 saturated carbocycles. The minimum Gasteiger partial charge on any atom is -0.403 e. The fraction of sp³-hybridized carbons (Fsp3) is 1.00. The van der Waals surface area contributed by atoms with Crippen LogP contribution in [0.25, 0.3) is 0 Å². The van der Waals surface area contributed by atoms with Crippen molar-refractivity contribution in [2.75, 3.05) is 0 Å². The molecule has 0 N–H and O–H groups in total. The molecule has 1 heterocycles. The summed E-state index contributed by atoms with van der Waals surface area (Å²) < 4.78 is 35.8. The maximum Gasteiger partial charge on any atom is 0.461 e. The van der Waals surface area contributed by atoms with Crippen LogP contribution in [0.15, 0.2) is 0 Å². The number of alkyl halides is 2. The first-order valence-corrected chi connectivity index (χ1v) is 5.29. The van der Waals surface area contributed by atoms with Gasteiger partial charge in [0.1, 0.15) is 0 Å². The fourth-order valence-corrected chi connectivity index (χ4v) is 1.51. The second-order valence-corrected chi connectivity index (χ2v) is 5.23. The van der Waals surface area contributed by atoms with Crippen LogP contribution in [0.5, 0.6) is 0 Å². The molecule has 0 aromatic rings. The minimum absolute atomic E-state index is 0.184. The SMILES string of the molecule is CC(CC(F)F)B1OC(C)(C)C(C)(C)O1. The van der Waals surface area contributed by atoms with Crippen LogP contribution in [0.1, 0.15) is 41.0 Å². The van der Waals surface area contributed by atoms with Gasteiger partial charge in [0.25, 0.3) is 0 Å². The predicted octanol–water partition coefficient (Wildman–Crippen LogP) is 3.12. The van der Waals surface area contributed by atoms with Crippen molar-refractivity contribution < 1.29 is 18.1 Å². The van der Waals surface area contributed by atoms with E-state index < -0.39 is 24.7 Å². The van der Waals surface area contributed by atoms with E-state index in [0.29, 0.717) is 0 Å². The average molecular weight is 220 g/mol. The normalized spacial score (nSPS) is 26.0. The number of hydrogen-bond donors (Lipinski definition) is 0. The summed E-state index contributed by atoms with van der Waals surface area (Å²) in [7, 11) is -0.524. The van der Waals surface area contributed by atoms with Crippen LogP contribution in [0, 0.1) is 0 Å². The molecule has 0 aromatic carbocycles. The maximum absolute atomic E-state index is 12.2. The molecule has 2 nitrogen and oxygen atoms in total. The van der Waals surface area contributed by atoms with E-state index in [0.717, 1.165) is 0 Å². The van der Waals surface area contributed by atoms with Gasteiger partial charge < -0.3 is 9.31 Å². The molecule has 0 aliphatic carbocycles. The topological polar surface area (TPSA) is 18.5 Å². The molecule has 1 aliphatic rings. The van der Waals surface area contributed by atoms with Crippen molar-refractivity contribution in [2.24, 2.45) is 0 Å². The number of halogens is 2. The summed E-state index contributed by atoms with van der Waals surface area (Å²) in [6.45, 7) is 9.41. The second-order valence-electron chi connectivity index (χ2n) is 5.23. The number of hydrogen-bond acceptors (Lipinski definition) is 2. The Balaban J connectivity index is 2.62. The van der Waals surface area contributed by atoms with Gasteiger partial charge in [0.05, 0.1) is 11.2 Å². The highest BCUT2D eigenvalue weighted by molar-refractivity contribution is 6.47. The van der Waals surface area contributed by atoms with Crippen molar-refractivity contribution in [2.45, 2.75) is 64.5 Å². The Hall–Kier alpha value is -0.155. The minimum atomic E-state index is -2.31. The Morgan fingerprint density at radius 1 is 1.07 bits per heavy atom. The van der Waals surface area contributed by atoms with Gasteiger partial charge in [-0.15, -0.1) is 0 Å². The van der Waals surface area contributed by atoms with E-state index in [1.807, 2.05) is 27.7 Å². The lowest BCUT2D eigenvalue weighted by molar-refractivity contribution is 0.00578. The largest absolute Gasteiger partial charge is 0.461 e. The van der Waals surface area contributed by atoms with Crippen LogP contribution in [0.3, 0.4) is 0 Å². The lowest BCUT2D eigenvalue weighted by Gasteiger charge is -2.32. The van der Waals surface area contributed by atoms with Gasteiger partial charge in [-0.1, -0.05) is 6.92 Å². The van der Waals surface area contributed by atoms with Gasteiger partial charge in [-0.2, -0.15) is 0 Å². The van der Waals surface area contributed by atoms with Gasteiger partial charge in [-0.3, -0.25) is 0 Å². The maximum atomic E-state index is 12.2. The van der Waals surface area contributed by atoms with Crippen LogP contribution < -0.4 is 0 Å². The summed E-state index contributed by atoms with van der Waals surface area (Å²) in [4.78, 5) is 0. The van der Waals surface area contributed by atoms with Crippen LogP contribution in [-0.4, -0.2) is 24.7 Å². The summed E-state index contributed by atoms with van der Waals surface area (Å²) in [6.07, 6.45) is -2.49. The molecule has 0 amide bonds.